The molecule has 2 rings (SSSR count). The van der Waals surface area contributed by atoms with Crippen LogP contribution in [0.4, 0.5) is 4.39 Å². The van der Waals surface area contributed by atoms with Crippen LogP contribution in [0.2, 0.25) is 0 Å². The van der Waals surface area contributed by atoms with Crippen molar-refractivity contribution in [3.63, 3.8) is 0 Å². The molecule has 15 heavy (non-hydrogen) atoms. The molecule has 2 aromatic carbocycles. The Morgan fingerprint density at radius 3 is 2.80 bits per heavy atom. The fourth-order valence-corrected chi connectivity index (χ4v) is 1.29. The van der Waals surface area contributed by atoms with Gasteiger partial charge in [0, 0.05) is 6.07 Å². The number of hydrogen-bond acceptors (Lipinski definition) is 1. The van der Waals surface area contributed by atoms with E-state index in [0.717, 1.165) is 5.56 Å². The maximum Gasteiger partial charge on any atom is 0.173 e. The molecule has 75 valence electrons. The third-order valence-electron chi connectivity index (χ3n) is 1.99. The summed E-state index contributed by atoms with van der Waals surface area (Å²) in [5.41, 5.74) is 1.08. The summed E-state index contributed by atoms with van der Waals surface area (Å²) < 4.78 is 18.6. The highest BCUT2D eigenvalue weighted by molar-refractivity contribution is 5.33. The van der Waals surface area contributed by atoms with Gasteiger partial charge in [-0.15, -0.1) is 0 Å². The molecule has 0 bridgehead atoms. The van der Waals surface area contributed by atoms with Crippen LogP contribution < -0.4 is 4.74 Å². The lowest BCUT2D eigenvalue weighted by molar-refractivity contribution is 0.441. The molecular weight excluding hydrogens is 191 g/mol. The Labute approximate surface area is 88.1 Å². The Kier molecular flexibility index (Phi) is 2.68. The second-order valence-corrected chi connectivity index (χ2v) is 3.27. The lowest BCUT2D eigenvalue weighted by Gasteiger charge is -2.06. The van der Waals surface area contributed by atoms with E-state index in [1.165, 1.54) is 6.07 Å². The second-order valence-electron chi connectivity index (χ2n) is 3.27. The summed E-state index contributed by atoms with van der Waals surface area (Å²) in [5.74, 6) is 0.357. The minimum Gasteiger partial charge on any atom is -0.454 e. The van der Waals surface area contributed by atoms with Gasteiger partial charge in [-0.05, 0) is 30.7 Å². The average Bonchev–Trinajstić information content (AvgIpc) is 2.22. The normalized spacial score (nSPS) is 10.0. The SMILES string of the molecule is Cc1cccc(Oc2ccc[c]c2F)c1. The largest absolute Gasteiger partial charge is 0.454 e. The van der Waals surface area contributed by atoms with E-state index in [9.17, 15) is 4.39 Å². The first-order valence-electron chi connectivity index (χ1n) is 4.66. The standard InChI is InChI=1S/C13H10FO/c1-10-5-4-6-11(9-10)15-13-8-3-2-7-12(13)14/h2-6,8-9H,1H3. The van der Waals surface area contributed by atoms with Gasteiger partial charge >= 0.3 is 0 Å². The summed E-state index contributed by atoms with van der Waals surface area (Å²) in [6.45, 7) is 1.96. The summed E-state index contributed by atoms with van der Waals surface area (Å²) in [5, 5.41) is 0. The Balaban J connectivity index is 2.26. The quantitative estimate of drug-likeness (QED) is 0.719. The van der Waals surface area contributed by atoms with Crippen LogP contribution in [0.1, 0.15) is 5.56 Å². The van der Waals surface area contributed by atoms with E-state index < -0.39 is 5.82 Å². The Hall–Kier alpha value is -1.83. The summed E-state index contributed by atoms with van der Waals surface area (Å²) in [6.07, 6.45) is 0. The lowest BCUT2D eigenvalue weighted by atomic mass is 10.2. The summed E-state index contributed by atoms with van der Waals surface area (Å²) in [7, 11) is 0. The summed E-state index contributed by atoms with van der Waals surface area (Å²) in [6, 6.07) is 14.7. The first kappa shape index (κ1) is 9.71. The zero-order chi connectivity index (χ0) is 10.7. The van der Waals surface area contributed by atoms with Gasteiger partial charge in [0.1, 0.15) is 5.75 Å². The maximum absolute atomic E-state index is 13.2. The molecule has 0 aliphatic carbocycles. The highest BCUT2D eigenvalue weighted by Crippen LogP contribution is 2.23. The topological polar surface area (TPSA) is 9.23 Å². The van der Waals surface area contributed by atoms with Gasteiger partial charge in [0.15, 0.2) is 11.6 Å². The zero-order valence-corrected chi connectivity index (χ0v) is 8.33. The van der Waals surface area contributed by atoms with Crippen LogP contribution >= 0.6 is 0 Å². The van der Waals surface area contributed by atoms with Crippen LogP contribution in [-0.4, -0.2) is 0 Å². The zero-order valence-electron chi connectivity index (χ0n) is 8.33. The molecule has 0 aromatic heterocycles. The number of rotatable bonds is 2. The number of aryl methyl sites for hydroxylation is 1. The molecule has 0 amide bonds. The predicted molar refractivity (Wildman–Crippen MR) is 56.5 cm³/mol. The Morgan fingerprint density at radius 2 is 2.07 bits per heavy atom. The van der Waals surface area contributed by atoms with E-state index in [-0.39, 0.29) is 5.75 Å². The summed E-state index contributed by atoms with van der Waals surface area (Å²) >= 11 is 0. The van der Waals surface area contributed by atoms with Crippen molar-refractivity contribution in [1.82, 2.24) is 0 Å². The van der Waals surface area contributed by atoms with Crippen molar-refractivity contribution < 1.29 is 9.13 Å². The minimum absolute atomic E-state index is 0.197. The monoisotopic (exact) mass is 201 g/mol. The lowest BCUT2D eigenvalue weighted by Crippen LogP contribution is -1.88. The van der Waals surface area contributed by atoms with Gasteiger partial charge in [0.2, 0.25) is 0 Å². The van der Waals surface area contributed by atoms with Gasteiger partial charge < -0.3 is 4.74 Å². The molecule has 0 spiro atoms. The van der Waals surface area contributed by atoms with Crippen LogP contribution in [0.5, 0.6) is 11.5 Å². The van der Waals surface area contributed by atoms with Gasteiger partial charge in [0.05, 0.1) is 0 Å². The summed E-state index contributed by atoms with van der Waals surface area (Å²) in [4.78, 5) is 0. The van der Waals surface area contributed by atoms with Crippen molar-refractivity contribution in [3.05, 3.63) is 59.9 Å². The maximum atomic E-state index is 13.2. The molecule has 0 N–H and O–H groups in total. The fourth-order valence-electron chi connectivity index (χ4n) is 1.29. The minimum atomic E-state index is -0.473. The highest BCUT2D eigenvalue weighted by atomic mass is 19.1. The van der Waals surface area contributed by atoms with Crippen LogP contribution in [-0.2, 0) is 0 Å². The third-order valence-corrected chi connectivity index (χ3v) is 1.99. The molecule has 2 heteroatoms. The predicted octanol–water partition coefficient (Wildman–Crippen LogP) is 3.73. The van der Waals surface area contributed by atoms with Crippen molar-refractivity contribution in [2.45, 2.75) is 6.92 Å². The van der Waals surface area contributed by atoms with Crippen molar-refractivity contribution in [3.8, 4) is 11.5 Å². The Bertz CT molecular complexity index is 466. The van der Waals surface area contributed by atoms with Gasteiger partial charge in [-0.3, -0.25) is 0 Å². The van der Waals surface area contributed by atoms with Gasteiger partial charge in [-0.1, -0.05) is 24.3 Å². The first-order chi connectivity index (χ1) is 7.25. The van der Waals surface area contributed by atoms with Crippen molar-refractivity contribution in [2.24, 2.45) is 0 Å². The fraction of sp³-hybridized carbons (Fsp3) is 0.0769. The number of halogens is 1. The van der Waals surface area contributed by atoms with E-state index in [1.807, 2.05) is 25.1 Å². The third kappa shape index (κ3) is 2.34. The highest BCUT2D eigenvalue weighted by Gasteiger charge is 2.02. The van der Waals surface area contributed by atoms with E-state index in [0.29, 0.717) is 5.75 Å². The van der Waals surface area contributed by atoms with Gasteiger partial charge in [-0.2, -0.15) is 0 Å². The van der Waals surface area contributed by atoms with Crippen molar-refractivity contribution in [1.29, 1.82) is 0 Å². The van der Waals surface area contributed by atoms with E-state index >= 15 is 0 Å². The van der Waals surface area contributed by atoms with Crippen LogP contribution in [0, 0.1) is 18.8 Å². The van der Waals surface area contributed by atoms with Crippen molar-refractivity contribution >= 4 is 0 Å². The van der Waals surface area contributed by atoms with E-state index in [1.54, 1.807) is 18.2 Å². The van der Waals surface area contributed by atoms with Gasteiger partial charge in [0.25, 0.3) is 0 Å². The van der Waals surface area contributed by atoms with E-state index in [4.69, 9.17) is 4.74 Å². The molecule has 0 saturated carbocycles. The van der Waals surface area contributed by atoms with Crippen LogP contribution in [0.3, 0.4) is 0 Å². The number of benzene rings is 2. The van der Waals surface area contributed by atoms with E-state index in [2.05, 4.69) is 6.07 Å². The Morgan fingerprint density at radius 1 is 1.20 bits per heavy atom. The smallest absolute Gasteiger partial charge is 0.173 e. The number of hydrogen-bond donors (Lipinski definition) is 0. The molecule has 0 fully saturated rings. The van der Waals surface area contributed by atoms with Gasteiger partial charge in [-0.25, -0.2) is 4.39 Å². The first-order valence-corrected chi connectivity index (χ1v) is 4.66. The molecule has 0 atom stereocenters. The molecule has 1 nitrogen and oxygen atoms in total. The molecule has 0 aliphatic rings. The average molecular weight is 201 g/mol. The van der Waals surface area contributed by atoms with Crippen LogP contribution in [0.15, 0.2) is 42.5 Å². The molecule has 0 unspecified atom stereocenters. The molecule has 2 aromatic rings. The van der Waals surface area contributed by atoms with Crippen molar-refractivity contribution in [2.75, 3.05) is 0 Å². The number of ether oxygens (including phenoxy) is 1. The molecular formula is C13H10FO. The molecule has 0 saturated heterocycles. The second kappa shape index (κ2) is 4.13. The van der Waals surface area contributed by atoms with Crippen LogP contribution in [0.25, 0.3) is 0 Å². The molecule has 0 aliphatic heterocycles. The molecule has 1 radical (unpaired) electrons. The molecule has 0 heterocycles.